The van der Waals surface area contributed by atoms with E-state index in [1.165, 1.54) is 12.8 Å². The number of nitrogens with one attached hydrogen (secondary N) is 1. The number of ether oxygens (including phenoxy) is 2. The Morgan fingerprint density at radius 2 is 1.95 bits per heavy atom. The van der Waals surface area contributed by atoms with Crippen molar-refractivity contribution >= 4 is 0 Å². The van der Waals surface area contributed by atoms with Gasteiger partial charge in [0.2, 0.25) is 0 Å². The molecule has 0 bridgehead atoms. The Morgan fingerprint density at radius 1 is 1.20 bits per heavy atom. The predicted molar refractivity (Wildman–Crippen MR) is 82.5 cm³/mol. The van der Waals surface area contributed by atoms with Crippen LogP contribution >= 0.6 is 0 Å². The second-order valence-corrected chi connectivity index (χ2v) is 5.79. The molecule has 1 aromatic carbocycles. The maximum absolute atomic E-state index is 6.27. The number of methoxy groups -OCH3 is 1. The molecule has 2 rings (SSSR count). The average molecular weight is 277 g/mol. The van der Waals surface area contributed by atoms with Gasteiger partial charge in [-0.2, -0.15) is 0 Å². The molecule has 1 aromatic rings. The highest BCUT2D eigenvalue weighted by atomic mass is 16.5. The van der Waals surface area contributed by atoms with Crippen LogP contribution in [0.4, 0.5) is 0 Å². The summed E-state index contributed by atoms with van der Waals surface area (Å²) in [4.78, 5) is 0. The fourth-order valence-corrected chi connectivity index (χ4v) is 2.90. The molecule has 3 atom stereocenters. The van der Waals surface area contributed by atoms with Gasteiger partial charge in [0.1, 0.15) is 6.10 Å². The van der Waals surface area contributed by atoms with Gasteiger partial charge in [0.15, 0.2) is 11.5 Å². The molecule has 0 aliphatic heterocycles. The van der Waals surface area contributed by atoms with Crippen LogP contribution in [0.2, 0.25) is 0 Å². The lowest BCUT2D eigenvalue weighted by Crippen LogP contribution is -2.47. The van der Waals surface area contributed by atoms with Crippen LogP contribution in [0.5, 0.6) is 11.5 Å². The van der Waals surface area contributed by atoms with E-state index in [9.17, 15) is 0 Å². The van der Waals surface area contributed by atoms with Crippen LogP contribution in [0.25, 0.3) is 0 Å². The minimum atomic E-state index is 0.238. The smallest absolute Gasteiger partial charge is 0.161 e. The molecule has 20 heavy (non-hydrogen) atoms. The van der Waals surface area contributed by atoms with Crippen LogP contribution in [0.1, 0.15) is 39.5 Å². The predicted octanol–water partition coefficient (Wildman–Crippen LogP) is 3.63. The minimum Gasteiger partial charge on any atom is -0.493 e. The number of rotatable bonds is 6. The van der Waals surface area contributed by atoms with E-state index >= 15 is 0 Å². The van der Waals surface area contributed by atoms with Gasteiger partial charge in [-0.05, 0) is 50.3 Å². The summed E-state index contributed by atoms with van der Waals surface area (Å²) < 4.78 is 11.7. The fourth-order valence-electron chi connectivity index (χ4n) is 2.90. The van der Waals surface area contributed by atoms with E-state index in [-0.39, 0.29) is 6.10 Å². The summed E-state index contributed by atoms with van der Waals surface area (Å²) in [5.74, 6) is 2.41. The van der Waals surface area contributed by atoms with Gasteiger partial charge in [-0.15, -0.1) is 0 Å². The van der Waals surface area contributed by atoms with E-state index < -0.39 is 0 Å². The quantitative estimate of drug-likeness (QED) is 0.861. The Morgan fingerprint density at radius 3 is 2.65 bits per heavy atom. The Bertz CT molecular complexity index is 406. The maximum atomic E-state index is 6.27. The van der Waals surface area contributed by atoms with Crippen molar-refractivity contribution in [1.82, 2.24) is 5.32 Å². The van der Waals surface area contributed by atoms with Crippen molar-refractivity contribution in [2.75, 3.05) is 13.7 Å². The van der Waals surface area contributed by atoms with Gasteiger partial charge in [0.05, 0.1) is 7.11 Å². The summed E-state index contributed by atoms with van der Waals surface area (Å²) in [6.45, 7) is 5.58. The largest absolute Gasteiger partial charge is 0.493 e. The maximum Gasteiger partial charge on any atom is 0.161 e. The number of hydrogen-bond acceptors (Lipinski definition) is 3. The summed E-state index contributed by atoms with van der Waals surface area (Å²) in [6.07, 6.45) is 4.99. The molecule has 1 fully saturated rings. The molecule has 3 heteroatoms. The second kappa shape index (κ2) is 7.53. The van der Waals surface area contributed by atoms with Crippen LogP contribution in [-0.2, 0) is 0 Å². The molecule has 0 radical (unpaired) electrons. The Labute approximate surface area is 122 Å². The average Bonchev–Trinajstić information content (AvgIpc) is 2.47. The molecule has 1 aliphatic rings. The third kappa shape index (κ3) is 3.89. The van der Waals surface area contributed by atoms with Crippen molar-refractivity contribution in [2.24, 2.45) is 5.92 Å². The second-order valence-electron chi connectivity index (χ2n) is 5.79. The van der Waals surface area contributed by atoms with Crippen LogP contribution in [-0.4, -0.2) is 25.8 Å². The molecule has 112 valence electrons. The first kappa shape index (κ1) is 15.2. The Kier molecular flexibility index (Phi) is 5.72. The zero-order chi connectivity index (χ0) is 14.4. The van der Waals surface area contributed by atoms with Crippen molar-refractivity contribution in [1.29, 1.82) is 0 Å². The van der Waals surface area contributed by atoms with E-state index in [1.54, 1.807) is 7.11 Å². The van der Waals surface area contributed by atoms with E-state index in [2.05, 4.69) is 19.2 Å². The Balaban J connectivity index is 2.06. The highest BCUT2D eigenvalue weighted by Gasteiger charge is 2.30. The lowest BCUT2D eigenvalue weighted by molar-refractivity contribution is 0.0880. The van der Waals surface area contributed by atoms with Crippen LogP contribution in [0.3, 0.4) is 0 Å². The standard InChI is InChI=1S/C17H27NO2/c1-4-11-18-14-10-9-13(2)12-17(14)20-16-8-6-5-7-15(16)19-3/h5-8,13-14,17-18H,4,9-12H2,1-3H3. The highest BCUT2D eigenvalue weighted by Crippen LogP contribution is 2.32. The van der Waals surface area contributed by atoms with E-state index in [0.717, 1.165) is 36.8 Å². The zero-order valence-corrected chi connectivity index (χ0v) is 12.9. The number of benzene rings is 1. The highest BCUT2D eigenvalue weighted by molar-refractivity contribution is 5.39. The van der Waals surface area contributed by atoms with Crippen LogP contribution in [0.15, 0.2) is 24.3 Å². The zero-order valence-electron chi connectivity index (χ0n) is 12.9. The number of hydrogen-bond donors (Lipinski definition) is 1. The van der Waals surface area contributed by atoms with Gasteiger partial charge in [-0.25, -0.2) is 0 Å². The van der Waals surface area contributed by atoms with Crippen molar-refractivity contribution in [3.05, 3.63) is 24.3 Å². The van der Waals surface area contributed by atoms with Gasteiger partial charge in [-0.3, -0.25) is 0 Å². The molecule has 1 saturated carbocycles. The van der Waals surface area contributed by atoms with Gasteiger partial charge in [-0.1, -0.05) is 26.0 Å². The van der Waals surface area contributed by atoms with E-state index in [0.29, 0.717) is 6.04 Å². The SMILES string of the molecule is CCCNC1CCC(C)CC1Oc1ccccc1OC. The van der Waals surface area contributed by atoms with E-state index in [1.807, 2.05) is 24.3 Å². The fraction of sp³-hybridized carbons (Fsp3) is 0.647. The van der Waals surface area contributed by atoms with Crippen LogP contribution in [0, 0.1) is 5.92 Å². The van der Waals surface area contributed by atoms with Crippen molar-refractivity contribution < 1.29 is 9.47 Å². The summed E-state index contributed by atoms with van der Waals surface area (Å²) in [5, 5.41) is 3.63. The number of para-hydroxylation sites is 2. The minimum absolute atomic E-state index is 0.238. The lowest BCUT2D eigenvalue weighted by atomic mass is 9.85. The molecular weight excluding hydrogens is 250 g/mol. The molecule has 0 spiro atoms. The van der Waals surface area contributed by atoms with E-state index in [4.69, 9.17) is 9.47 Å². The first-order valence-electron chi connectivity index (χ1n) is 7.77. The monoisotopic (exact) mass is 277 g/mol. The molecule has 1 aliphatic carbocycles. The third-order valence-corrected chi connectivity index (χ3v) is 4.06. The molecule has 1 N–H and O–H groups in total. The molecular formula is C17H27NO2. The molecule has 3 nitrogen and oxygen atoms in total. The summed E-state index contributed by atoms with van der Waals surface area (Å²) in [5.41, 5.74) is 0. The summed E-state index contributed by atoms with van der Waals surface area (Å²) >= 11 is 0. The van der Waals surface area contributed by atoms with Crippen molar-refractivity contribution in [3.8, 4) is 11.5 Å². The summed E-state index contributed by atoms with van der Waals surface area (Å²) in [6, 6.07) is 8.38. The van der Waals surface area contributed by atoms with Gasteiger partial charge < -0.3 is 14.8 Å². The first-order valence-corrected chi connectivity index (χ1v) is 7.77. The first-order chi connectivity index (χ1) is 9.74. The lowest BCUT2D eigenvalue weighted by Gasteiger charge is -2.35. The summed E-state index contributed by atoms with van der Waals surface area (Å²) in [7, 11) is 1.69. The normalized spacial score (nSPS) is 26.2. The van der Waals surface area contributed by atoms with Crippen molar-refractivity contribution in [3.63, 3.8) is 0 Å². The molecule has 0 saturated heterocycles. The topological polar surface area (TPSA) is 30.5 Å². The van der Waals surface area contributed by atoms with Gasteiger partial charge in [0, 0.05) is 6.04 Å². The molecule has 0 amide bonds. The molecule has 0 aromatic heterocycles. The molecule has 3 unspecified atom stereocenters. The Hall–Kier alpha value is -1.22. The van der Waals surface area contributed by atoms with Gasteiger partial charge in [0.25, 0.3) is 0 Å². The van der Waals surface area contributed by atoms with Crippen LogP contribution < -0.4 is 14.8 Å². The van der Waals surface area contributed by atoms with Crippen molar-refractivity contribution in [2.45, 2.75) is 51.7 Å². The molecule has 0 heterocycles. The third-order valence-electron chi connectivity index (χ3n) is 4.06. The van der Waals surface area contributed by atoms with Gasteiger partial charge >= 0.3 is 0 Å².